The summed E-state index contributed by atoms with van der Waals surface area (Å²) >= 11 is 0. The Balaban J connectivity index is 1.85. The molecule has 2 aromatic rings. The molecule has 2 aromatic carbocycles. The van der Waals surface area contributed by atoms with Crippen LogP contribution in [0.2, 0.25) is 0 Å². The Bertz CT molecular complexity index is 1040. The summed E-state index contributed by atoms with van der Waals surface area (Å²) in [6, 6.07) is 15.1. The molecule has 0 bridgehead atoms. The van der Waals surface area contributed by atoms with Crippen LogP contribution in [0.15, 0.2) is 54.6 Å². The summed E-state index contributed by atoms with van der Waals surface area (Å²) in [7, 11) is 0. The van der Waals surface area contributed by atoms with Crippen LogP contribution in [0.1, 0.15) is 32.3 Å². The van der Waals surface area contributed by atoms with Gasteiger partial charge in [-0.05, 0) is 54.5 Å². The number of morpholine rings is 1. The molecule has 0 spiro atoms. The Morgan fingerprint density at radius 1 is 1.05 bits per heavy atom. The van der Waals surface area contributed by atoms with E-state index in [0.717, 1.165) is 5.56 Å². The molecule has 0 unspecified atom stereocenters. The van der Waals surface area contributed by atoms with E-state index in [4.69, 9.17) is 10.5 Å². The van der Waals surface area contributed by atoms with Crippen LogP contribution in [-0.2, 0) is 20.7 Å². The molecule has 3 N–H and O–H groups in total. The molecule has 1 aliphatic rings. The number of rotatable bonds is 12. The monoisotopic (exact) mass is 535 g/mol. The number of anilines is 1. The highest BCUT2D eigenvalue weighted by atomic mass is 19.4. The SMILES string of the molecule is CC(C)[C@H](CNc1ccc(OC(F)(F)F)cc1)[C@@](CCc1ccccc1)(CC(=O)N1CCOCC1)C(N)=O. The first-order valence-electron chi connectivity index (χ1n) is 12.8. The molecule has 2 amide bonds. The van der Waals surface area contributed by atoms with E-state index in [0.29, 0.717) is 51.4 Å². The van der Waals surface area contributed by atoms with Crippen molar-refractivity contribution in [3.8, 4) is 5.75 Å². The number of primary amides is 1. The highest BCUT2D eigenvalue weighted by molar-refractivity contribution is 5.88. The Labute approximate surface area is 221 Å². The van der Waals surface area contributed by atoms with E-state index in [2.05, 4.69) is 10.1 Å². The average molecular weight is 536 g/mol. The Kier molecular flexibility index (Phi) is 10.0. The molecule has 7 nitrogen and oxygen atoms in total. The number of ether oxygens (including phenoxy) is 2. The third-order valence-electron chi connectivity index (χ3n) is 7.15. The molecule has 38 heavy (non-hydrogen) atoms. The molecule has 2 atom stereocenters. The van der Waals surface area contributed by atoms with Gasteiger partial charge in [0.05, 0.1) is 18.6 Å². The van der Waals surface area contributed by atoms with Crippen molar-refractivity contribution < 1.29 is 32.2 Å². The molecule has 0 aromatic heterocycles. The van der Waals surface area contributed by atoms with E-state index in [1.165, 1.54) is 24.3 Å². The first-order chi connectivity index (χ1) is 18.0. The Hall–Kier alpha value is -3.27. The highest BCUT2D eigenvalue weighted by Crippen LogP contribution is 2.42. The second-order valence-electron chi connectivity index (χ2n) is 9.98. The molecule has 0 radical (unpaired) electrons. The highest BCUT2D eigenvalue weighted by Gasteiger charge is 2.47. The summed E-state index contributed by atoms with van der Waals surface area (Å²) in [5.74, 6) is -1.37. The van der Waals surface area contributed by atoms with Gasteiger partial charge in [0.2, 0.25) is 11.8 Å². The van der Waals surface area contributed by atoms with Crippen molar-refractivity contribution in [1.82, 2.24) is 4.90 Å². The third kappa shape index (κ3) is 8.11. The maximum absolute atomic E-state index is 13.4. The number of carbonyl (C=O) groups is 2. The summed E-state index contributed by atoms with van der Waals surface area (Å²) in [5.41, 5.74) is 6.56. The van der Waals surface area contributed by atoms with E-state index in [1.54, 1.807) is 4.90 Å². The molecule has 0 saturated carbocycles. The van der Waals surface area contributed by atoms with Gasteiger partial charge >= 0.3 is 6.36 Å². The number of amides is 2. The van der Waals surface area contributed by atoms with Crippen LogP contribution >= 0.6 is 0 Å². The van der Waals surface area contributed by atoms with Crippen LogP contribution in [0.4, 0.5) is 18.9 Å². The number of aryl methyl sites for hydroxylation is 1. The van der Waals surface area contributed by atoms with Crippen molar-refractivity contribution in [3.05, 3.63) is 60.2 Å². The summed E-state index contributed by atoms with van der Waals surface area (Å²) in [6.07, 6.45) is -3.86. The molecule has 1 saturated heterocycles. The number of nitrogens with zero attached hydrogens (tertiary/aromatic N) is 1. The maximum Gasteiger partial charge on any atom is 0.573 e. The molecule has 1 heterocycles. The quantitative estimate of drug-likeness (QED) is 0.414. The van der Waals surface area contributed by atoms with Gasteiger partial charge < -0.3 is 25.4 Å². The Morgan fingerprint density at radius 2 is 1.68 bits per heavy atom. The number of nitrogens with two attached hydrogens (primary N) is 1. The van der Waals surface area contributed by atoms with E-state index in [9.17, 15) is 22.8 Å². The van der Waals surface area contributed by atoms with E-state index >= 15 is 0 Å². The zero-order chi connectivity index (χ0) is 27.8. The lowest BCUT2D eigenvalue weighted by molar-refractivity contribution is -0.274. The lowest BCUT2D eigenvalue weighted by Gasteiger charge is -2.42. The van der Waals surface area contributed by atoms with Crippen LogP contribution in [-0.4, -0.2) is 55.9 Å². The predicted octanol–water partition coefficient (Wildman–Crippen LogP) is 4.62. The molecular formula is C28H36F3N3O4. The van der Waals surface area contributed by atoms with Crippen molar-refractivity contribution >= 4 is 17.5 Å². The maximum atomic E-state index is 13.4. The minimum atomic E-state index is -4.77. The standard InChI is InChI=1S/C28H36F3N3O4/c1-20(2)24(19-33-22-8-10-23(11-9-22)38-28(29,30)31)27(26(32)36,13-12-21-6-4-3-5-7-21)18-25(35)34-14-16-37-17-15-34/h3-11,20,24,33H,12-19H2,1-2H3,(H2,32,36)/t24-,27+/m0/s1. The summed E-state index contributed by atoms with van der Waals surface area (Å²) in [4.78, 5) is 28.4. The lowest BCUT2D eigenvalue weighted by Crippen LogP contribution is -2.52. The van der Waals surface area contributed by atoms with Crippen molar-refractivity contribution in [2.24, 2.45) is 23.0 Å². The normalized spacial score (nSPS) is 16.5. The molecule has 1 fully saturated rings. The van der Waals surface area contributed by atoms with Gasteiger partial charge in [0, 0.05) is 31.7 Å². The van der Waals surface area contributed by atoms with Gasteiger partial charge in [-0.15, -0.1) is 13.2 Å². The van der Waals surface area contributed by atoms with Gasteiger partial charge in [0.25, 0.3) is 0 Å². The van der Waals surface area contributed by atoms with Crippen molar-refractivity contribution in [2.45, 2.75) is 39.5 Å². The van der Waals surface area contributed by atoms with E-state index in [-0.39, 0.29) is 29.9 Å². The summed E-state index contributed by atoms with van der Waals surface area (Å²) in [6.45, 7) is 6.07. The van der Waals surface area contributed by atoms with Crippen LogP contribution < -0.4 is 15.8 Å². The molecule has 3 rings (SSSR count). The van der Waals surface area contributed by atoms with Crippen molar-refractivity contribution in [1.29, 1.82) is 0 Å². The number of halogens is 3. The second kappa shape index (κ2) is 13.0. The predicted molar refractivity (Wildman–Crippen MR) is 138 cm³/mol. The topological polar surface area (TPSA) is 93.9 Å². The van der Waals surface area contributed by atoms with Gasteiger partial charge in [-0.25, -0.2) is 0 Å². The van der Waals surface area contributed by atoms with Crippen LogP contribution in [0.3, 0.4) is 0 Å². The number of hydrogen-bond donors (Lipinski definition) is 2. The summed E-state index contributed by atoms with van der Waals surface area (Å²) < 4.78 is 46.8. The minimum absolute atomic E-state index is 0.0297. The number of alkyl halides is 3. The molecule has 208 valence electrons. The fourth-order valence-corrected chi connectivity index (χ4v) is 5.08. The largest absolute Gasteiger partial charge is 0.573 e. The molecule has 1 aliphatic heterocycles. The first-order valence-corrected chi connectivity index (χ1v) is 12.8. The molecule has 0 aliphatic carbocycles. The smallest absolute Gasteiger partial charge is 0.406 e. The van der Waals surface area contributed by atoms with Crippen LogP contribution in [0.5, 0.6) is 5.75 Å². The van der Waals surface area contributed by atoms with Crippen LogP contribution in [0, 0.1) is 17.3 Å². The van der Waals surface area contributed by atoms with Gasteiger partial charge in [-0.2, -0.15) is 0 Å². The third-order valence-corrected chi connectivity index (χ3v) is 7.15. The summed E-state index contributed by atoms with van der Waals surface area (Å²) in [5, 5.41) is 3.24. The molecular weight excluding hydrogens is 499 g/mol. The first kappa shape index (κ1) is 29.3. The number of benzene rings is 2. The minimum Gasteiger partial charge on any atom is -0.406 e. The van der Waals surface area contributed by atoms with E-state index < -0.39 is 17.7 Å². The fraction of sp³-hybridized carbons (Fsp3) is 0.500. The van der Waals surface area contributed by atoms with E-state index in [1.807, 2.05) is 44.2 Å². The zero-order valence-electron chi connectivity index (χ0n) is 21.8. The number of carbonyl (C=O) groups excluding carboxylic acids is 2. The van der Waals surface area contributed by atoms with Gasteiger partial charge in [0.15, 0.2) is 0 Å². The lowest BCUT2D eigenvalue weighted by atomic mass is 9.64. The van der Waals surface area contributed by atoms with Crippen molar-refractivity contribution in [3.63, 3.8) is 0 Å². The van der Waals surface area contributed by atoms with Gasteiger partial charge in [-0.1, -0.05) is 44.2 Å². The molecule has 10 heteroatoms. The Morgan fingerprint density at radius 3 is 2.24 bits per heavy atom. The van der Waals surface area contributed by atoms with Crippen LogP contribution in [0.25, 0.3) is 0 Å². The van der Waals surface area contributed by atoms with Gasteiger partial charge in [-0.3, -0.25) is 9.59 Å². The van der Waals surface area contributed by atoms with Gasteiger partial charge in [0.1, 0.15) is 5.75 Å². The zero-order valence-corrected chi connectivity index (χ0v) is 21.8. The number of hydrogen-bond acceptors (Lipinski definition) is 5. The second-order valence-corrected chi connectivity index (χ2v) is 9.98. The number of nitrogens with one attached hydrogen (secondary N) is 1. The average Bonchev–Trinajstić information content (AvgIpc) is 2.88. The van der Waals surface area contributed by atoms with Crippen molar-refractivity contribution in [2.75, 3.05) is 38.2 Å². The fourth-order valence-electron chi connectivity index (χ4n) is 5.08.